The number of halogens is 1. The van der Waals surface area contributed by atoms with E-state index in [1.165, 1.54) is 17.7 Å². The monoisotopic (exact) mass is 372 g/mol. The predicted octanol–water partition coefficient (Wildman–Crippen LogP) is 4.22. The van der Waals surface area contributed by atoms with Gasteiger partial charge in [0.25, 0.3) is 0 Å². The maximum atomic E-state index is 13.5. The molecule has 1 saturated heterocycles. The minimum atomic E-state index is -0.142. The molecule has 4 saturated carbocycles. The van der Waals surface area contributed by atoms with Crippen molar-refractivity contribution in [1.82, 2.24) is 4.90 Å². The van der Waals surface area contributed by atoms with Crippen molar-refractivity contribution in [3.8, 4) is 0 Å². The van der Waals surface area contributed by atoms with Crippen LogP contribution in [0.4, 0.5) is 5.69 Å². The van der Waals surface area contributed by atoms with E-state index in [0.717, 1.165) is 58.3 Å². The van der Waals surface area contributed by atoms with Crippen molar-refractivity contribution in [3.63, 3.8) is 0 Å². The predicted molar refractivity (Wildman–Crippen MR) is 106 cm³/mol. The van der Waals surface area contributed by atoms with E-state index in [2.05, 4.69) is 41.0 Å². The zero-order chi connectivity index (χ0) is 17.9. The second-order valence-corrected chi connectivity index (χ2v) is 10.3. The first kappa shape index (κ1) is 16.9. The topological polar surface area (TPSA) is 23.6 Å². The van der Waals surface area contributed by atoms with Crippen molar-refractivity contribution in [2.75, 3.05) is 31.1 Å². The summed E-state index contributed by atoms with van der Waals surface area (Å²) in [5.41, 5.74) is 2.44. The highest BCUT2D eigenvalue weighted by molar-refractivity contribution is 6.24. The number of aryl methyl sites for hydroxylation is 1. The van der Waals surface area contributed by atoms with Gasteiger partial charge in [-0.3, -0.25) is 4.79 Å². The highest BCUT2D eigenvalue weighted by Crippen LogP contribution is 2.64. The molecule has 140 valence electrons. The number of benzene rings is 1. The number of carbonyl (C=O) groups is 1. The summed E-state index contributed by atoms with van der Waals surface area (Å²) in [6.45, 7) is 5.70. The van der Waals surface area contributed by atoms with Gasteiger partial charge in [-0.1, -0.05) is 12.1 Å². The van der Waals surface area contributed by atoms with E-state index in [-0.39, 0.29) is 10.3 Å². The molecule has 4 heteroatoms. The zero-order valence-electron chi connectivity index (χ0n) is 15.7. The summed E-state index contributed by atoms with van der Waals surface area (Å²) in [4.78, 5) is 18.0. The minimum absolute atomic E-state index is 0.0802. The summed E-state index contributed by atoms with van der Waals surface area (Å²) >= 11 is 6.94. The second-order valence-electron chi connectivity index (χ2n) is 9.51. The number of hydrogen-bond donors (Lipinski definition) is 0. The lowest BCUT2D eigenvalue weighted by Gasteiger charge is -2.60. The quantitative estimate of drug-likeness (QED) is 0.725. The van der Waals surface area contributed by atoms with Crippen molar-refractivity contribution < 1.29 is 4.79 Å². The number of hydrogen-bond acceptors (Lipinski definition) is 2. The molecule has 0 spiro atoms. The average molecular weight is 373 g/mol. The van der Waals surface area contributed by atoms with E-state index in [0.29, 0.717) is 17.7 Å². The van der Waals surface area contributed by atoms with Crippen LogP contribution in [0.25, 0.3) is 0 Å². The molecule has 5 fully saturated rings. The van der Waals surface area contributed by atoms with E-state index in [4.69, 9.17) is 11.6 Å². The van der Waals surface area contributed by atoms with Gasteiger partial charge in [-0.15, -0.1) is 11.6 Å². The van der Waals surface area contributed by atoms with Crippen LogP contribution in [0.2, 0.25) is 0 Å². The summed E-state index contributed by atoms with van der Waals surface area (Å²) in [5.74, 6) is 1.79. The van der Waals surface area contributed by atoms with Gasteiger partial charge in [0, 0.05) is 36.7 Å². The van der Waals surface area contributed by atoms with Crippen LogP contribution >= 0.6 is 11.6 Å². The Balaban J connectivity index is 1.29. The molecule has 0 N–H and O–H groups in total. The Morgan fingerprint density at radius 2 is 1.77 bits per heavy atom. The minimum Gasteiger partial charge on any atom is -0.368 e. The number of piperazine rings is 1. The maximum Gasteiger partial charge on any atom is 0.228 e. The fourth-order valence-corrected chi connectivity index (χ4v) is 7.42. The van der Waals surface area contributed by atoms with Crippen LogP contribution in [0.15, 0.2) is 24.3 Å². The summed E-state index contributed by atoms with van der Waals surface area (Å²) in [5, 5.41) is 0. The fourth-order valence-electron chi connectivity index (χ4n) is 6.73. The third kappa shape index (κ3) is 2.74. The Kier molecular flexibility index (Phi) is 3.83. The van der Waals surface area contributed by atoms with Crippen LogP contribution in [0.5, 0.6) is 0 Å². The first-order chi connectivity index (χ1) is 12.4. The first-order valence-corrected chi connectivity index (χ1v) is 10.6. The molecule has 6 rings (SSSR count). The van der Waals surface area contributed by atoms with Gasteiger partial charge in [0.05, 0.1) is 5.41 Å². The van der Waals surface area contributed by atoms with E-state index < -0.39 is 0 Å². The van der Waals surface area contributed by atoms with Gasteiger partial charge in [-0.05, 0) is 75.0 Å². The van der Waals surface area contributed by atoms with Crippen molar-refractivity contribution >= 4 is 23.2 Å². The summed E-state index contributed by atoms with van der Waals surface area (Å²) in [7, 11) is 0. The Labute approximate surface area is 161 Å². The number of anilines is 1. The summed E-state index contributed by atoms with van der Waals surface area (Å²) < 4.78 is 0. The molecule has 5 aliphatic rings. The molecule has 0 aromatic heterocycles. The van der Waals surface area contributed by atoms with Crippen molar-refractivity contribution in [2.45, 2.75) is 50.3 Å². The molecule has 4 aliphatic carbocycles. The van der Waals surface area contributed by atoms with E-state index in [1.54, 1.807) is 0 Å². The van der Waals surface area contributed by atoms with Crippen molar-refractivity contribution in [1.29, 1.82) is 0 Å². The number of carbonyl (C=O) groups excluding carboxylic acids is 1. The standard InChI is InChI=1S/C22H29ClN2O/c1-16-3-2-4-19(9-16)24-5-7-25(8-6-24)20(26)21-11-17-10-18(12-21)14-22(23,13-17)15-21/h2-4,9,17-18H,5-8,10-15H2,1H3. The van der Waals surface area contributed by atoms with E-state index in [1.807, 2.05) is 0 Å². The van der Waals surface area contributed by atoms with Gasteiger partial charge in [0.1, 0.15) is 0 Å². The van der Waals surface area contributed by atoms with Gasteiger partial charge in [0.2, 0.25) is 5.91 Å². The molecule has 26 heavy (non-hydrogen) atoms. The molecule has 1 aromatic carbocycles. The third-order valence-electron chi connectivity index (χ3n) is 7.38. The highest BCUT2D eigenvalue weighted by Gasteiger charge is 2.60. The Hall–Kier alpha value is -1.22. The Morgan fingerprint density at radius 1 is 1.08 bits per heavy atom. The van der Waals surface area contributed by atoms with Gasteiger partial charge in [0.15, 0.2) is 0 Å². The molecular weight excluding hydrogens is 344 g/mol. The molecule has 4 bridgehead atoms. The lowest BCUT2D eigenvalue weighted by Crippen LogP contribution is -2.61. The summed E-state index contributed by atoms with van der Waals surface area (Å²) in [6, 6.07) is 8.69. The van der Waals surface area contributed by atoms with Crippen LogP contribution < -0.4 is 4.90 Å². The molecular formula is C22H29ClN2O. The van der Waals surface area contributed by atoms with Crippen LogP contribution in [-0.4, -0.2) is 41.9 Å². The Morgan fingerprint density at radius 3 is 2.38 bits per heavy atom. The first-order valence-electron chi connectivity index (χ1n) is 10.2. The Bertz CT molecular complexity index is 711. The average Bonchev–Trinajstić information content (AvgIpc) is 2.59. The van der Waals surface area contributed by atoms with Crippen LogP contribution in [0.1, 0.15) is 44.1 Å². The largest absolute Gasteiger partial charge is 0.368 e. The highest BCUT2D eigenvalue weighted by atomic mass is 35.5. The maximum absolute atomic E-state index is 13.5. The lowest BCUT2D eigenvalue weighted by molar-refractivity contribution is -0.156. The lowest BCUT2D eigenvalue weighted by atomic mass is 9.49. The zero-order valence-corrected chi connectivity index (χ0v) is 16.5. The normalized spacial score (nSPS) is 38.7. The van der Waals surface area contributed by atoms with Gasteiger partial charge < -0.3 is 9.80 Å². The number of nitrogens with zero attached hydrogens (tertiary/aromatic N) is 2. The van der Waals surface area contributed by atoms with E-state index in [9.17, 15) is 4.79 Å². The fraction of sp³-hybridized carbons (Fsp3) is 0.682. The van der Waals surface area contributed by atoms with Crippen molar-refractivity contribution in [2.24, 2.45) is 17.3 Å². The number of rotatable bonds is 2. The molecule has 2 unspecified atom stereocenters. The second kappa shape index (κ2) is 5.89. The van der Waals surface area contributed by atoms with E-state index >= 15 is 0 Å². The van der Waals surface area contributed by atoms with Gasteiger partial charge >= 0.3 is 0 Å². The number of alkyl halides is 1. The summed E-state index contributed by atoms with van der Waals surface area (Å²) in [6.07, 6.45) is 6.70. The van der Waals surface area contributed by atoms with Gasteiger partial charge in [-0.25, -0.2) is 0 Å². The SMILES string of the molecule is Cc1cccc(N2CCN(C(=O)C34CC5CC(CC(Cl)(C5)C3)C4)CC2)c1. The molecule has 3 nitrogen and oxygen atoms in total. The van der Waals surface area contributed by atoms with Crippen LogP contribution in [0, 0.1) is 24.2 Å². The molecule has 0 radical (unpaired) electrons. The molecule has 2 atom stereocenters. The number of amides is 1. The molecule has 1 aromatic rings. The smallest absolute Gasteiger partial charge is 0.228 e. The van der Waals surface area contributed by atoms with Crippen molar-refractivity contribution in [3.05, 3.63) is 29.8 Å². The van der Waals surface area contributed by atoms with Crippen LogP contribution in [-0.2, 0) is 4.79 Å². The van der Waals surface area contributed by atoms with Crippen LogP contribution in [0.3, 0.4) is 0 Å². The molecule has 1 aliphatic heterocycles. The third-order valence-corrected chi connectivity index (χ3v) is 7.82. The molecule has 1 heterocycles. The molecule has 1 amide bonds. The van der Waals surface area contributed by atoms with Gasteiger partial charge in [-0.2, -0.15) is 0 Å².